The van der Waals surface area contributed by atoms with Gasteiger partial charge in [-0.1, -0.05) is 54.6 Å². The summed E-state index contributed by atoms with van der Waals surface area (Å²) in [7, 11) is 0. The fourth-order valence-corrected chi connectivity index (χ4v) is 4.41. The molecule has 1 N–H and O–H groups in total. The van der Waals surface area contributed by atoms with Crippen molar-refractivity contribution in [3.05, 3.63) is 101 Å². The Kier molecular flexibility index (Phi) is 8.37. The number of alkyl halides is 9. The van der Waals surface area contributed by atoms with Gasteiger partial charge in [-0.25, -0.2) is 0 Å². The van der Waals surface area contributed by atoms with E-state index in [1.807, 2.05) is 0 Å². The van der Waals surface area contributed by atoms with Crippen LogP contribution in [0.1, 0.15) is 27.8 Å². The van der Waals surface area contributed by atoms with E-state index in [1.165, 1.54) is 24.3 Å². The number of rotatable bonds is 6. The predicted octanol–water partition coefficient (Wildman–Crippen LogP) is 6.20. The third-order valence-electron chi connectivity index (χ3n) is 6.26. The number of carbonyl (C=O) groups excluding carboxylic acids is 2. The number of fused-ring (bicyclic) bond motifs is 1. The van der Waals surface area contributed by atoms with E-state index < -0.39 is 72.6 Å². The lowest BCUT2D eigenvalue weighted by atomic mass is 10.00. The molecule has 0 bridgehead atoms. The first-order valence-corrected chi connectivity index (χ1v) is 12.2. The second-order valence-corrected chi connectivity index (χ2v) is 9.26. The van der Waals surface area contributed by atoms with Crippen molar-refractivity contribution >= 4 is 23.2 Å². The number of nitrogens with zero attached hydrogens (tertiary/aromatic N) is 2. The number of benzene rings is 3. The molecule has 0 aliphatic carbocycles. The zero-order valence-electron chi connectivity index (χ0n) is 21.2. The van der Waals surface area contributed by atoms with Crippen LogP contribution in [0.2, 0.25) is 0 Å². The van der Waals surface area contributed by atoms with Crippen LogP contribution in [0.25, 0.3) is 0 Å². The molecule has 0 aromatic heterocycles. The number of carbonyl (C=O) groups is 2. The van der Waals surface area contributed by atoms with E-state index >= 15 is 0 Å². The van der Waals surface area contributed by atoms with Crippen molar-refractivity contribution in [3.63, 3.8) is 0 Å². The van der Waals surface area contributed by atoms with Crippen molar-refractivity contribution in [2.24, 2.45) is 4.99 Å². The van der Waals surface area contributed by atoms with Crippen molar-refractivity contribution < 1.29 is 49.1 Å². The number of amides is 2. The fourth-order valence-electron chi connectivity index (χ4n) is 4.41. The number of nitrogens with one attached hydrogen (secondary N) is 1. The molecule has 0 unspecified atom stereocenters. The summed E-state index contributed by atoms with van der Waals surface area (Å²) < 4.78 is 120. The van der Waals surface area contributed by atoms with Gasteiger partial charge in [0.25, 0.3) is 5.91 Å². The minimum atomic E-state index is -5.22. The summed E-state index contributed by atoms with van der Waals surface area (Å²) in [5.41, 5.74) is -3.29. The molecular formula is C28H20F9N3O2. The van der Waals surface area contributed by atoms with E-state index in [0.717, 1.165) is 0 Å². The van der Waals surface area contributed by atoms with Gasteiger partial charge < -0.3 is 10.2 Å². The molecule has 0 saturated heterocycles. The molecule has 3 aromatic carbocycles. The Bertz CT molecular complexity index is 1500. The second kappa shape index (κ2) is 11.5. The highest BCUT2D eigenvalue weighted by Gasteiger charge is 2.40. The first kappa shape index (κ1) is 30.6. The van der Waals surface area contributed by atoms with E-state index in [1.54, 1.807) is 30.3 Å². The zero-order valence-corrected chi connectivity index (χ0v) is 21.2. The molecule has 14 heteroatoms. The Hall–Kier alpha value is -4.36. The summed E-state index contributed by atoms with van der Waals surface area (Å²) in [4.78, 5) is 30.8. The van der Waals surface area contributed by atoms with Crippen molar-refractivity contribution in [1.29, 1.82) is 0 Å². The number of anilines is 1. The Morgan fingerprint density at radius 2 is 1.48 bits per heavy atom. The molecule has 5 nitrogen and oxygen atoms in total. The zero-order chi connectivity index (χ0) is 30.9. The molecule has 1 aliphatic heterocycles. The minimum absolute atomic E-state index is 0.0872. The van der Waals surface area contributed by atoms with Crippen molar-refractivity contribution in [2.75, 3.05) is 18.0 Å². The normalized spacial score (nSPS) is 16.0. The molecule has 0 radical (unpaired) electrons. The highest BCUT2D eigenvalue weighted by molar-refractivity contribution is 6.20. The van der Waals surface area contributed by atoms with Gasteiger partial charge in [-0.2, -0.15) is 39.5 Å². The van der Waals surface area contributed by atoms with E-state index in [2.05, 4.69) is 10.3 Å². The van der Waals surface area contributed by atoms with Crippen LogP contribution in [0.4, 0.5) is 45.2 Å². The number of para-hydroxylation sites is 1. The quantitative estimate of drug-likeness (QED) is 0.343. The van der Waals surface area contributed by atoms with Gasteiger partial charge >= 0.3 is 18.5 Å². The molecule has 0 spiro atoms. The van der Waals surface area contributed by atoms with Crippen LogP contribution >= 0.6 is 0 Å². The van der Waals surface area contributed by atoms with Gasteiger partial charge in [-0.15, -0.1) is 0 Å². The Morgan fingerprint density at radius 3 is 2.10 bits per heavy atom. The average molecular weight is 601 g/mol. The third-order valence-corrected chi connectivity index (χ3v) is 6.26. The van der Waals surface area contributed by atoms with Gasteiger partial charge in [0.1, 0.15) is 12.6 Å². The average Bonchev–Trinajstić information content (AvgIpc) is 3.01. The van der Waals surface area contributed by atoms with Gasteiger partial charge in [-0.05, 0) is 23.8 Å². The smallest absolute Gasteiger partial charge is 0.353 e. The highest BCUT2D eigenvalue weighted by atomic mass is 19.4. The molecule has 1 heterocycles. The maximum Gasteiger partial charge on any atom is 0.416 e. The summed E-state index contributed by atoms with van der Waals surface area (Å²) in [5, 5.41) is 2.20. The first-order chi connectivity index (χ1) is 19.5. The Balaban J connectivity index is 1.65. The van der Waals surface area contributed by atoms with E-state index in [9.17, 15) is 49.1 Å². The van der Waals surface area contributed by atoms with Crippen LogP contribution in [0, 0.1) is 0 Å². The van der Waals surface area contributed by atoms with E-state index in [4.69, 9.17) is 0 Å². The second-order valence-electron chi connectivity index (χ2n) is 9.26. The molecule has 3 aromatic rings. The van der Waals surface area contributed by atoms with Gasteiger partial charge in [0.15, 0.2) is 0 Å². The molecule has 4 rings (SSSR count). The summed E-state index contributed by atoms with van der Waals surface area (Å²) in [6.07, 6.45) is -16.1. The van der Waals surface area contributed by atoms with Crippen LogP contribution in [0.5, 0.6) is 0 Å². The molecule has 2 amide bonds. The number of halogens is 9. The lowest BCUT2D eigenvalue weighted by Gasteiger charge is -2.26. The lowest BCUT2D eigenvalue weighted by molar-refractivity contribution is -0.143. The predicted molar refractivity (Wildman–Crippen MR) is 134 cm³/mol. The highest BCUT2D eigenvalue weighted by Crippen LogP contribution is 2.37. The largest absolute Gasteiger partial charge is 0.416 e. The SMILES string of the molecule is O=C(Cc1ccc(C(F)(F)F)cc1C(F)(F)F)NC[C@@H]1N=C(c2ccccc2)c2ccccc2N(CC(F)(F)F)C1=O. The first-order valence-electron chi connectivity index (χ1n) is 12.2. The van der Waals surface area contributed by atoms with Gasteiger partial charge in [0.2, 0.25) is 5.91 Å². The molecule has 42 heavy (non-hydrogen) atoms. The lowest BCUT2D eigenvalue weighted by Crippen LogP contribution is -2.47. The molecular weight excluding hydrogens is 581 g/mol. The Morgan fingerprint density at radius 1 is 0.833 bits per heavy atom. The van der Waals surface area contributed by atoms with Gasteiger partial charge in [0.05, 0.1) is 28.9 Å². The van der Waals surface area contributed by atoms with E-state index in [-0.39, 0.29) is 23.0 Å². The molecule has 222 valence electrons. The summed E-state index contributed by atoms with van der Waals surface area (Å²) in [5.74, 6) is -2.25. The number of hydrogen-bond donors (Lipinski definition) is 1. The monoisotopic (exact) mass is 601 g/mol. The molecule has 1 atom stereocenters. The third kappa shape index (κ3) is 7.09. The summed E-state index contributed by atoms with van der Waals surface area (Å²) in [6, 6.07) is 13.1. The maximum atomic E-state index is 13.5. The Labute approximate surface area is 232 Å². The van der Waals surface area contributed by atoms with Crippen LogP contribution < -0.4 is 10.2 Å². The fraction of sp³-hybridized carbons (Fsp3) is 0.250. The minimum Gasteiger partial charge on any atom is -0.353 e. The maximum absolute atomic E-state index is 13.5. The van der Waals surface area contributed by atoms with E-state index in [0.29, 0.717) is 22.6 Å². The van der Waals surface area contributed by atoms with Gasteiger partial charge in [-0.3, -0.25) is 14.6 Å². The molecule has 1 aliphatic rings. The molecule has 0 fully saturated rings. The van der Waals surface area contributed by atoms with Crippen LogP contribution in [0.3, 0.4) is 0 Å². The molecule has 0 saturated carbocycles. The van der Waals surface area contributed by atoms with Crippen molar-refractivity contribution in [1.82, 2.24) is 5.32 Å². The number of benzodiazepines with no additional fused rings is 1. The number of aliphatic imine (C=N–C) groups is 1. The van der Waals surface area contributed by atoms with Crippen LogP contribution in [-0.4, -0.2) is 42.8 Å². The van der Waals surface area contributed by atoms with Gasteiger partial charge in [0, 0.05) is 17.7 Å². The van der Waals surface area contributed by atoms with Crippen LogP contribution in [0.15, 0.2) is 77.8 Å². The summed E-state index contributed by atoms with van der Waals surface area (Å²) in [6.45, 7) is -2.37. The van der Waals surface area contributed by atoms with Crippen molar-refractivity contribution in [3.8, 4) is 0 Å². The van der Waals surface area contributed by atoms with Crippen molar-refractivity contribution in [2.45, 2.75) is 31.0 Å². The summed E-state index contributed by atoms with van der Waals surface area (Å²) >= 11 is 0. The standard InChI is InChI=1S/C28H20F9N3O2/c29-26(30,31)15-40-22-9-5-4-8-19(22)24(16-6-2-1-3-7-16)39-21(25(40)42)14-38-23(41)12-17-10-11-18(27(32,33)34)13-20(17)28(35,36)37/h1-11,13,21H,12,14-15H2,(H,38,41)/t21-/m0/s1. The topological polar surface area (TPSA) is 61.8 Å². The number of hydrogen-bond acceptors (Lipinski definition) is 3. The van der Waals surface area contributed by atoms with Crippen LogP contribution in [-0.2, 0) is 28.4 Å².